The van der Waals surface area contributed by atoms with E-state index in [-0.39, 0.29) is 17.9 Å². The molecule has 0 radical (unpaired) electrons. The van der Waals surface area contributed by atoms with E-state index in [1.165, 1.54) is 6.92 Å². The first-order valence-corrected chi connectivity index (χ1v) is 7.29. The van der Waals surface area contributed by atoms with Crippen molar-refractivity contribution in [3.05, 3.63) is 12.2 Å². The van der Waals surface area contributed by atoms with Crippen molar-refractivity contribution in [2.45, 2.75) is 72.3 Å². The zero-order chi connectivity index (χ0) is 14.7. The van der Waals surface area contributed by atoms with Crippen LogP contribution in [0.25, 0.3) is 0 Å². The summed E-state index contributed by atoms with van der Waals surface area (Å²) in [5.74, 6) is 0.416. The predicted octanol–water partition coefficient (Wildman–Crippen LogP) is 4.06. The quantitative estimate of drug-likeness (QED) is 0.341. The Bertz CT molecular complexity index is 294. The van der Waals surface area contributed by atoms with E-state index in [1.54, 1.807) is 6.92 Å². The van der Waals surface area contributed by atoms with Gasteiger partial charge in [0.2, 0.25) is 0 Å². The van der Waals surface area contributed by atoms with Gasteiger partial charge >= 0.3 is 5.97 Å². The molecule has 0 rings (SSSR count). The van der Waals surface area contributed by atoms with Gasteiger partial charge in [-0.2, -0.15) is 0 Å². The number of ketones is 1. The number of hydrogen-bond donors (Lipinski definition) is 0. The third-order valence-corrected chi connectivity index (χ3v) is 3.18. The molecule has 0 aliphatic heterocycles. The first-order chi connectivity index (χ1) is 8.97. The molecule has 0 aliphatic carbocycles. The van der Waals surface area contributed by atoms with E-state index in [1.807, 2.05) is 6.92 Å². The van der Waals surface area contributed by atoms with Crippen LogP contribution < -0.4 is 0 Å². The van der Waals surface area contributed by atoms with E-state index >= 15 is 0 Å². The normalized spacial score (nSPS) is 14.3. The molecular formula is C16H28O3. The lowest BCUT2D eigenvalue weighted by molar-refractivity contribution is -0.148. The molecule has 0 aromatic rings. The van der Waals surface area contributed by atoms with Gasteiger partial charge in [0.1, 0.15) is 11.9 Å². The van der Waals surface area contributed by atoms with E-state index in [0.29, 0.717) is 12.3 Å². The van der Waals surface area contributed by atoms with Crippen molar-refractivity contribution in [3.8, 4) is 0 Å². The molecule has 2 atom stereocenters. The Hall–Kier alpha value is -1.12. The van der Waals surface area contributed by atoms with Gasteiger partial charge < -0.3 is 9.53 Å². The predicted molar refractivity (Wildman–Crippen MR) is 77.9 cm³/mol. The lowest BCUT2D eigenvalue weighted by Crippen LogP contribution is -2.23. The Morgan fingerprint density at radius 2 is 1.84 bits per heavy atom. The fourth-order valence-corrected chi connectivity index (χ4v) is 2.03. The van der Waals surface area contributed by atoms with Crippen molar-refractivity contribution in [1.29, 1.82) is 0 Å². The molecular weight excluding hydrogens is 240 g/mol. The Balaban J connectivity index is 3.78. The number of ether oxygens (including phenoxy) is 1. The van der Waals surface area contributed by atoms with Gasteiger partial charge in [-0.25, -0.2) is 0 Å². The molecule has 0 fully saturated rings. The SMILES string of the molecule is CC[C@H](OC(C)=O)[C@H](C)C/C=C/CCCCC(C)=O. The van der Waals surface area contributed by atoms with Gasteiger partial charge in [0, 0.05) is 13.3 Å². The number of carbonyl (C=O) groups is 2. The highest BCUT2D eigenvalue weighted by Gasteiger charge is 2.16. The van der Waals surface area contributed by atoms with Crippen molar-refractivity contribution in [2.24, 2.45) is 5.92 Å². The Kier molecular flexibility index (Phi) is 10.1. The fourth-order valence-electron chi connectivity index (χ4n) is 2.03. The van der Waals surface area contributed by atoms with Crippen LogP contribution in [0.5, 0.6) is 0 Å². The molecule has 0 amide bonds. The average Bonchev–Trinajstić information content (AvgIpc) is 2.33. The number of rotatable bonds is 10. The van der Waals surface area contributed by atoms with Crippen LogP contribution in [0, 0.1) is 5.92 Å². The van der Waals surface area contributed by atoms with Crippen LogP contribution in [-0.2, 0) is 14.3 Å². The molecule has 19 heavy (non-hydrogen) atoms. The van der Waals surface area contributed by atoms with Crippen molar-refractivity contribution in [1.82, 2.24) is 0 Å². The van der Waals surface area contributed by atoms with Gasteiger partial charge in [-0.05, 0) is 44.9 Å². The van der Waals surface area contributed by atoms with Crippen molar-refractivity contribution in [3.63, 3.8) is 0 Å². The molecule has 3 heteroatoms. The van der Waals surface area contributed by atoms with Crippen LogP contribution in [0.3, 0.4) is 0 Å². The van der Waals surface area contributed by atoms with E-state index < -0.39 is 0 Å². The van der Waals surface area contributed by atoms with Gasteiger partial charge in [0.25, 0.3) is 0 Å². The van der Waals surface area contributed by atoms with Crippen molar-refractivity contribution in [2.75, 3.05) is 0 Å². The number of unbranched alkanes of at least 4 members (excludes halogenated alkanes) is 2. The zero-order valence-electron chi connectivity index (χ0n) is 12.8. The largest absolute Gasteiger partial charge is 0.462 e. The number of hydrogen-bond acceptors (Lipinski definition) is 3. The molecule has 0 N–H and O–H groups in total. The molecule has 0 aromatic heterocycles. The van der Waals surface area contributed by atoms with Crippen molar-refractivity contribution < 1.29 is 14.3 Å². The number of carbonyl (C=O) groups excluding carboxylic acids is 2. The van der Waals surface area contributed by atoms with Gasteiger partial charge in [0.05, 0.1) is 0 Å². The highest BCUT2D eigenvalue weighted by atomic mass is 16.5. The van der Waals surface area contributed by atoms with Gasteiger partial charge in [0.15, 0.2) is 0 Å². The molecule has 0 saturated carbocycles. The van der Waals surface area contributed by atoms with Gasteiger partial charge in [-0.15, -0.1) is 0 Å². The maximum Gasteiger partial charge on any atom is 0.302 e. The minimum absolute atomic E-state index is 0.0138. The topological polar surface area (TPSA) is 43.4 Å². The summed E-state index contributed by atoms with van der Waals surface area (Å²) in [6, 6.07) is 0. The fraction of sp³-hybridized carbons (Fsp3) is 0.750. The Morgan fingerprint density at radius 3 is 2.37 bits per heavy atom. The van der Waals surface area contributed by atoms with Crippen molar-refractivity contribution >= 4 is 11.8 Å². The minimum atomic E-state index is -0.202. The second-order valence-electron chi connectivity index (χ2n) is 5.19. The first kappa shape index (κ1) is 17.9. The highest BCUT2D eigenvalue weighted by molar-refractivity contribution is 5.75. The lowest BCUT2D eigenvalue weighted by Gasteiger charge is -2.21. The highest BCUT2D eigenvalue weighted by Crippen LogP contribution is 2.16. The van der Waals surface area contributed by atoms with Gasteiger partial charge in [-0.3, -0.25) is 4.79 Å². The average molecular weight is 268 g/mol. The third-order valence-electron chi connectivity index (χ3n) is 3.18. The van der Waals surface area contributed by atoms with Crippen LogP contribution in [-0.4, -0.2) is 17.9 Å². The van der Waals surface area contributed by atoms with Gasteiger partial charge in [-0.1, -0.05) is 26.0 Å². The molecule has 3 nitrogen and oxygen atoms in total. The van der Waals surface area contributed by atoms with Crippen LogP contribution in [0.15, 0.2) is 12.2 Å². The summed E-state index contributed by atoms with van der Waals surface area (Å²) in [5, 5.41) is 0. The van der Waals surface area contributed by atoms with Crippen LogP contribution >= 0.6 is 0 Å². The molecule has 110 valence electrons. The Labute approximate surface area is 117 Å². The third kappa shape index (κ3) is 10.5. The molecule has 0 bridgehead atoms. The van der Waals surface area contributed by atoms with E-state index in [9.17, 15) is 9.59 Å². The summed E-state index contributed by atoms with van der Waals surface area (Å²) < 4.78 is 5.27. The van der Waals surface area contributed by atoms with Crippen LogP contribution in [0.1, 0.15) is 66.2 Å². The maximum absolute atomic E-state index is 11.0. The van der Waals surface area contributed by atoms with E-state index in [2.05, 4.69) is 19.1 Å². The second kappa shape index (κ2) is 10.8. The van der Waals surface area contributed by atoms with E-state index in [4.69, 9.17) is 4.74 Å². The standard InChI is InChI=1S/C16H28O3/c1-5-16(19-15(4)18)13(2)11-9-7-6-8-10-12-14(3)17/h7,9,13,16H,5-6,8,10-12H2,1-4H3/b9-7+/t13-,16+/m1/s1. The lowest BCUT2D eigenvalue weighted by atomic mass is 9.98. The molecule has 0 unspecified atom stereocenters. The molecule has 0 saturated heterocycles. The zero-order valence-corrected chi connectivity index (χ0v) is 12.8. The molecule has 0 heterocycles. The Morgan fingerprint density at radius 1 is 1.16 bits per heavy atom. The molecule has 0 aliphatic rings. The van der Waals surface area contributed by atoms with Crippen LogP contribution in [0.2, 0.25) is 0 Å². The number of Topliss-reactive ketones (excluding diaryl/α,β-unsaturated/α-hetero) is 1. The summed E-state index contributed by atoms with van der Waals surface area (Å²) in [7, 11) is 0. The second-order valence-corrected chi connectivity index (χ2v) is 5.19. The first-order valence-electron chi connectivity index (χ1n) is 7.29. The summed E-state index contributed by atoms with van der Waals surface area (Å²) in [5.41, 5.74) is 0. The van der Waals surface area contributed by atoms with E-state index in [0.717, 1.165) is 32.1 Å². The minimum Gasteiger partial charge on any atom is -0.462 e. The monoisotopic (exact) mass is 268 g/mol. The summed E-state index contributed by atoms with van der Waals surface area (Å²) in [4.78, 5) is 21.7. The number of esters is 1. The summed E-state index contributed by atoms with van der Waals surface area (Å²) >= 11 is 0. The number of allylic oxidation sites excluding steroid dienone is 2. The maximum atomic E-state index is 11.0. The summed E-state index contributed by atoms with van der Waals surface area (Å²) in [6.45, 7) is 7.24. The van der Waals surface area contributed by atoms with Crippen LogP contribution in [0.4, 0.5) is 0 Å². The molecule has 0 spiro atoms. The molecule has 0 aromatic carbocycles. The smallest absolute Gasteiger partial charge is 0.302 e. The summed E-state index contributed by atoms with van der Waals surface area (Å²) in [6.07, 6.45) is 9.86.